The maximum atomic E-state index is 12.7. The number of aromatic amines is 1. The molecule has 0 saturated carbocycles. The van der Waals surface area contributed by atoms with Crippen molar-refractivity contribution >= 4 is 22.8 Å². The summed E-state index contributed by atoms with van der Waals surface area (Å²) in [5, 5.41) is 0. The minimum absolute atomic E-state index is 0.174. The number of imidazole rings is 1. The summed E-state index contributed by atoms with van der Waals surface area (Å²) in [5.41, 5.74) is 2.96. The highest BCUT2D eigenvalue weighted by molar-refractivity contribution is 5.77. The summed E-state index contributed by atoms with van der Waals surface area (Å²) in [7, 11) is 0. The molecule has 1 aliphatic heterocycles. The smallest absolute Gasteiger partial charge is 0.223 e. The van der Waals surface area contributed by atoms with Gasteiger partial charge in [0.2, 0.25) is 5.91 Å². The zero-order valence-electron chi connectivity index (χ0n) is 17.2. The summed E-state index contributed by atoms with van der Waals surface area (Å²) >= 11 is 0. The van der Waals surface area contributed by atoms with E-state index >= 15 is 0 Å². The molecule has 5 rings (SSSR count). The highest BCUT2D eigenvalue weighted by Gasteiger charge is 2.22. The van der Waals surface area contributed by atoms with Crippen LogP contribution in [0, 0.1) is 0 Å². The second-order valence-electron chi connectivity index (χ2n) is 7.67. The van der Waals surface area contributed by atoms with Gasteiger partial charge in [-0.2, -0.15) is 0 Å². The molecule has 0 atom stereocenters. The normalized spacial score (nSPS) is 14.2. The van der Waals surface area contributed by atoms with E-state index in [0.29, 0.717) is 25.9 Å². The molecule has 3 heterocycles. The molecular formula is C24H24N6O. The zero-order valence-corrected chi connectivity index (χ0v) is 17.2. The Hall–Kier alpha value is -3.74. The summed E-state index contributed by atoms with van der Waals surface area (Å²) < 4.78 is 0. The number of fused-ring (bicyclic) bond motifs is 1. The van der Waals surface area contributed by atoms with Crippen LogP contribution in [0.5, 0.6) is 0 Å². The third-order valence-electron chi connectivity index (χ3n) is 5.64. The number of rotatable bonds is 5. The number of nitrogens with one attached hydrogen (secondary N) is 1. The van der Waals surface area contributed by atoms with E-state index in [1.807, 2.05) is 65.6 Å². The van der Waals surface area contributed by atoms with Crippen LogP contribution in [0.25, 0.3) is 22.4 Å². The summed E-state index contributed by atoms with van der Waals surface area (Å²) in [4.78, 5) is 33.9. The predicted molar refractivity (Wildman–Crippen MR) is 121 cm³/mol. The minimum atomic E-state index is 0.174. The molecule has 4 aromatic rings. The molecule has 156 valence electrons. The van der Waals surface area contributed by atoms with Crippen molar-refractivity contribution in [2.24, 2.45) is 0 Å². The zero-order chi connectivity index (χ0) is 21.0. The molecule has 31 heavy (non-hydrogen) atoms. The number of anilines is 1. The van der Waals surface area contributed by atoms with E-state index in [2.05, 4.69) is 19.9 Å². The van der Waals surface area contributed by atoms with Gasteiger partial charge in [-0.25, -0.2) is 15.0 Å². The number of carbonyl (C=O) groups excluding carboxylic acids is 1. The molecule has 2 aromatic carbocycles. The summed E-state index contributed by atoms with van der Waals surface area (Å²) in [5.74, 6) is 2.67. The first-order chi connectivity index (χ1) is 15.3. The Morgan fingerprint density at radius 1 is 0.903 bits per heavy atom. The topological polar surface area (TPSA) is 78.0 Å². The molecule has 1 fully saturated rings. The van der Waals surface area contributed by atoms with Crippen LogP contribution in [0.2, 0.25) is 0 Å². The van der Waals surface area contributed by atoms with E-state index in [1.54, 1.807) is 6.20 Å². The molecule has 0 unspecified atom stereocenters. The number of hydrogen-bond acceptors (Lipinski definition) is 5. The number of H-pyrrole nitrogens is 1. The number of para-hydroxylation sites is 2. The van der Waals surface area contributed by atoms with E-state index < -0.39 is 0 Å². The highest BCUT2D eigenvalue weighted by atomic mass is 16.2. The number of nitrogens with zero attached hydrogens (tertiary/aromatic N) is 5. The Bertz CT molecular complexity index is 1150. The SMILES string of the molecule is O=C(CCc1nc2ccccc2[nH]1)N1CCN(c2ccnc(-c3ccccc3)n2)CC1. The largest absolute Gasteiger partial charge is 0.353 e. The van der Waals surface area contributed by atoms with Crippen LogP contribution in [-0.2, 0) is 11.2 Å². The van der Waals surface area contributed by atoms with Crippen LogP contribution >= 0.6 is 0 Å². The number of amides is 1. The van der Waals surface area contributed by atoms with Crippen molar-refractivity contribution in [1.29, 1.82) is 0 Å². The van der Waals surface area contributed by atoms with Crippen LogP contribution in [-0.4, -0.2) is 56.9 Å². The van der Waals surface area contributed by atoms with E-state index in [0.717, 1.165) is 47.2 Å². The number of benzene rings is 2. The Balaban J connectivity index is 1.17. The Morgan fingerprint density at radius 3 is 2.48 bits per heavy atom. The Morgan fingerprint density at radius 2 is 1.68 bits per heavy atom. The monoisotopic (exact) mass is 412 g/mol. The maximum absolute atomic E-state index is 12.7. The van der Waals surface area contributed by atoms with Crippen molar-refractivity contribution in [2.75, 3.05) is 31.1 Å². The molecular weight excluding hydrogens is 388 g/mol. The van der Waals surface area contributed by atoms with Gasteiger partial charge in [0, 0.05) is 50.8 Å². The lowest BCUT2D eigenvalue weighted by Gasteiger charge is -2.35. The molecule has 0 radical (unpaired) electrons. The summed E-state index contributed by atoms with van der Waals surface area (Å²) in [6, 6.07) is 19.9. The molecule has 2 aromatic heterocycles. The maximum Gasteiger partial charge on any atom is 0.223 e. The first-order valence-electron chi connectivity index (χ1n) is 10.6. The van der Waals surface area contributed by atoms with Crippen molar-refractivity contribution in [3.05, 3.63) is 72.7 Å². The molecule has 1 amide bonds. The quantitative estimate of drug-likeness (QED) is 0.544. The van der Waals surface area contributed by atoms with Crippen molar-refractivity contribution in [3.8, 4) is 11.4 Å². The average molecular weight is 412 g/mol. The average Bonchev–Trinajstić information content (AvgIpc) is 3.26. The van der Waals surface area contributed by atoms with Crippen LogP contribution < -0.4 is 4.90 Å². The molecule has 1 N–H and O–H groups in total. The van der Waals surface area contributed by atoms with E-state index in [9.17, 15) is 4.79 Å². The van der Waals surface area contributed by atoms with Crippen LogP contribution in [0.15, 0.2) is 66.9 Å². The van der Waals surface area contributed by atoms with Crippen molar-refractivity contribution in [2.45, 2.75) is 12.8 Å². The van der Waals surface area contributed by atoms with Gasteiger partial charge in [0.1, 0.15) is 11.6 Å². The van der Waals surface area contributed by atoms with Crippen molar-refractivity contribution < 1.29 is 4.79 Å². The number of aromatic nitrogens is 4. The van der Waals surface area contributed by atoms with Crippen LogP contribution in [0.1, 0.15) is 12.2 Å². The molecule has 7 nitrogen and oxygen atoms in total. The minimum Gasteiger partial charge on any atom is -0.353 e. The van der Waals surface area contributed by atoms with Crippen LogP contribution in [0.4, 0.5) is 5.82 Å². The first-order valence-corrected chi connectivity index (χ1v) is 10.6. The molecule has 0 aliphatic carbocycles. The standard InChI is InChI=1S/C24H24N6O/c31-23(11-10-21-26-19-8-4-5-9-20(19)27-21)30-16-14-29(15-17-30)22-12-13-25-24(28-22)18-6-2-1-3-7-18/h1-9,12-13H,10-11,14-17H2,(H,26,27). The fourth-order valence-corrected chi connectivity index (χ4v) is 3.94. The summed E-state index contributed by atoms with van der Waals surface area (Å²) in [6.45, 7) is 2.93. The number of aryl methyl sites for hydroxylation is 1. The first kappa shape index (κ1) is 19.2. The third kappa shape index (κ3) is 4.26. The second-order valence-corrected chi connectivity index (χ2v) is 7.67. The molecule has 1 aliphatic rings. The van der Waals surface area contributed by atoms with Gasteiger partial charge in [0.25, 0.3) is 0 Å². The van der Waals surface area contributed by atoms with Gasteiger partial charge in [0.15, 0.2) is 5.82 Å². The Labute approximate surface area is 180 Å². The number of hydrogen-bond donors (Lipinski definition) is 1. The van der Waals surface area contributed by atoms with Crippen LogP contribution in [0.3, 0.4) is 0 Å². The fourth-order valence-electron chi connectivity index (χ4n) is 3.94. The lowest BCUT2D eigenvalue weighted by Crippen LogP contribution is -2.49. The van der Waals surface area contributed by atoms with Gasteiger partial charge in [-0.1, -0.05) is 42.5 Å². The molecule has 1 saturated heterocycles. The predicted octanol–water partition coefficient (Wildman–Crippen LogP) is 3.30. The van der Waals surface area contributed by atoms with Gasteiger partial charge in [-0.3, -0.25) is 4.79 Å². The number of piperazine rings is 1. The van der Waals surface area contributed by atoms with Crippen molar-refractivity contribution in [3.63, 3.8) is 0 Å². The highest BCUT2D eigenvalue weighted by Crippen LogP contribution is 2.19. The Kier molecular flexibility index (Phi) is 5.31. The molecule has 0 spiro atoms. The van der Waals surface area contributed by atoms with Crippen molar-refractivity contribution in [1.82, 2.24) is 24.8 Å². The van der Waals surface area contributed by atoms with Gasteiger partial charge in [-0.15, -0.1) is 0 Å². The van der Waals surface area contributed by atoms with E-state index in [1.165, 1.54) is 0 Å². The van der Waals surface area contributed by atoms with Gasteiger partial charge in [0.05, 0.1) is 11.0 Å². The third-order valence-corrected chi connectivity index (χ3v) is 5.64. The van der Waals surface area contributed by atoms with Gasteiger partial charge >= 0.3 is 0 Å². The lowest BCUT2D eigenvalue weighted by atomic mass is 10.2. The van der Waals surface area contributed by atoms with Gasteiger partial charge in [-0.05, 0) is 18.2 Å². The second kappa shape index (κ2) is 8.55. The van der Waals surface area contributed by atoms with E-state index in [-0.39, 0.29) is 5.91 Å². The van der Waals surface area contributed by atoms with Gasteiger partial charge < -0.3 is 14.8 Å². The summed E-state index contributed by atoms with van der Waals surface area (Å²) in [6.07, 6.45) is 2.89. The lowest BCUT2D eigenvalue weighted by molar-refractivity contribution is -0.131. The number of carbonyl (C=O) groups is 1. The van der Waals surface area contributed by atoms with E-state index in [4.69, 9.17) is 4.98 Å². The molecule has 7 heteroatoms. The fraction of sp³-hybridized carbons (Fsp3) is 0.250. The molecule has 0 bridgehead atoms.